The fourth-order valence-electron chi connectivity index (χ4n) is 2.35. The molecule has 2 rings (SSSR count). The zero-order valence-corrected chi connectivity index (χ0v) is 17.9. The molecule has 0 bridgehead atoms. The van der Waals surface area contributed by atoms with Crippen molar-refractivity contribution in [3.05, 3.63) is 45.0 Å². The molecule has 1 heterocycles. The van der Waals surface area contributed by atoms with Gasteiger partial charge < -0.3 is 4.90 Å². The SMILES string of the molecule is C=c1nc(N(CCC)CCC)s/c1=C\c1cc(F)ccc1C.CC(C)C. The Kier molecular flexibility index (Phi) is 9.57. The maximum absolute atomic E-state index is 13.4. The molecule has 0 unspecified atom stereocenters. The molecule has 2 aromatic rings. The van der Waals surface area contributed by atoms with Crippen LogP contribution in [0.1, 0.15) is 58.6 Å². The van der Waals surface area contributed by atoms with E-state index in [1.807, 2.05) is 13.0 Å². The van der Waals surface area contributed by atoms with Gasteiger partial charge in [0.25, 0.3) is 0 Å². The molecule has 0 aliphatic heterocycles. The second kappa shape index (κ2) is 11.1. The molecular formula is C22H33FN2S. The van der Waals surface area contributed by atoms with Crippen LogP contribution in [0.15, 0.2) is 18.2 Å². The van der Waals surface area contributed by atoms with E-state index in [1.165, 1.54) is 6.07 Å². The lowest BCUT2D eigenvalue weighted by atomic mass is 10.1. The Balaban J connectivity index is 0.000000765. The van der Waals surface area contributed by atoms with Gasteiger partial charge in [-0.05, 0) is 55.0 Å². The molecule has 0 atom stereocenters. The van der Waals surface area contributed by atoms with Crippen LogP contribution in [0.4, 0.5) is 9.52 Å². The lowest BCUT2D eigenvalue weighted by Gasteiger charge is -2.19. The topological polar surface area (TPSA) is 16.1 Å². The number of aryl methyl sites for hydroxylation is 1. The van der Waals surface area contributed by atoms with Crippen LogP contribution in [0.25, 0.3) is 12.7 Å². The number of hydrogen-bond acceptors (Lipinski definition) is 3. The minimum Gasteiger partial charge on any atom is -0.348 e. The minimum atomic E-state index is -0.217. The second-order valence-corrected chi connectivity index (χ2v) is 8.18. The van der Waals surface area contributed by atoms with Gasteiger partial charge in [-0.3, -0.25) is 0 Å². The summed E-state index contributed by atoms with van der Waals surface area (Å²) in [5.41, 5.74) is 1.94. The van der Waals surface area contributed by atoms with Crippen LogP contribution < -0.4 is 14.8 Å². The van der Waals surface area contributed by atoms with Crippen molar-refractivity contribution in [2.24, 2.45) is 5.92 Å². The van der Waals surface area contributed by atoms with Crippen molar-refractivity contribution in [1.82, 2.24) is 4.98 Å². The van der Waals surface area contributed by atoms with Crippen molar-refractivity contribution in [3.8, 4) is 0 Å². The van der Waals surface area contributed by atoms with Gasteiger partial charge in [-0.15, -0.1) is 0 Å². The van der Waals surface area contributed by atoms with Crippen molar-refractivity contribution in [3.63, 3.8) is 0 Å². The van der Waals surface area contributed by atoms with E-state index in [1.54, 1.807) is 23.5 Å². The Hall–Kier alpha value is -1.68. The van der Waals surface area contributed by atoms with Crippen LogP contribution >= 0.6 is 11.3 Å². The normalized spacial score (nSPS) is 11.5. The lowest BCUT2D eigenvalue weighted by Crippen LogP contribution is -2.25. The summed E-state index contributed by atoms with van der Waals surface area (Å²) in [5, 5.41) is 1.77. The molecule has 2 nitrogen and oxygen atoms in total. The van der Waals surface area contributed by atoms with E-state index in [2.05, 4.69) is 51.1 Å². The van der Waals surface area contributed by atoms with E-state index in [0.29, 0.717) is 0 Å². The molecule has 1 aromatic carbocycles. The molecular weight excluding hydrogens is 343 g/mol. The highest BCUT2D eigenvalue weighted by Crippen LogP contribution is 2.15. The number of nitrogens with zero attached hydrogens (tertiary/aromatic N) is 2. The van der Waals surface area contributed by atoms with Crippen molar-refractivity contribution >= 4 is 29.1 Å². The van der Waals surface area contributed by atoms with Gasteiger partial charge in [0, 0.05) is 13.1 Å². The monoisotopic (exact) mass is 376 g/mol. The predicted molar refractivity (Wildman–Crippen MR) is 115 cm³/mol. The standard InChI is InChI=1S/C18H23FN2S.C4H10/c1-5-9-21(10-6-2)18-20-14(4)17(22-18)12-15-11-16(19)8-7-13(15)3;1-4(2)3/h7-8,11-12H,4-6,9-10H2,1-3H3;4H,1-3H3/b17-12-;. The highest BCUT2D eigenvalue weighted by atomic mass is 32.1. The quantitative estimate of drug-likeness (QED) is 0.696. The van der Waals surface area contributed by atoms with Crippen molar-refractivity contribution < 1.29 is 4.39 Å². The third-order valence-electron chi connectivity index (χ3n) is 3.50. The molecule has 0 N–H and O–H groups in total. The fraction of sp³-hybridized carbons (Fsp3) is 0.500. The van der Waals surface area contributed by atoms with Crippen molar-refractivity contribution in [1.29, 1.82) is 0 Å². The van der Waals surface area contributed by atoms with E-state index >= 15 is 0 Å². The third kappa shape index (κ3) is 7.28. The molecule has 0 spiro atoms. The Bertz CT molecular complexity index is 771. The predicted octanol–water partition coefficient (Wildman–Crippen LogP) is 5.12. The zero-order chi connectivity index (χ0) is 19.7. The largest absolute Gasteiger partial charge is 0.348 e. The van der Waals surface area contributed by atoms with Gasteiger partial charge in [0.15, 0.2) is 5.13 Å². The Morgan fingerprint density at radius 1 is 1.19 bits per heavy atom. The summed E-state index contributed by atoms with van der Waals surface area (Å²) in [6.07, 6.45) is 4.17. The summed E-state index contributed by atoms with van der Waals surface area (Å²) in [7, 11) is 0. The third-order valence-corrected chi connectivity index (χ3v) is 4.61. The summed E-state index contributed by atoms with van der Waals surface area (Å²) in [5.74, 6) is 0.616. The van der Waals surface area contributed by atoms with Gasteiger partial charge in [-0.1, -0.05) is 58.6 Å². The summed E-state index contributed by atoms with van der Waals surface area (Å²) in [4.78, 5) is 6.91. The second-order valence-electron chi connectivity index (χ2n) is 7.17. The van der Waals surface area contributed by atoms with Crippen molar-refractivity contribution in [2.75, 3.05) is 18.0 Å². The van der Waals surface area contributed by atoms with Gasteiger partial charge in [0.05, 0.1) is 9.88 Å². The average Bonchev–Trinajstić information content (AvgIpc) is 2.91. The van der Waals surface area contributed by atoms with Gasteiger partial charge >= 0.3 is 0 Å². The number of anilines is 1. The Labute approximate surface area is 162 Å². The number of halogens is 1. The zero-order valence-electron chi connectivity index (χ0n) is 17.1. The molecule has 0 amide bonds. The molecule has 0 saturated heterocycles. The highest BCUT2D eigenvalue weighted by Gasteiger charge is 2.09. The first-order chi connectivity index (χ1) is 12.3. The first kappa shape index (κ1) is 22.4. The summed E-state index contributed by atoms with van der Waals surface area (Å²) in [6, 6.07) is 4.84. The molecule has 0 saturated carbocycles. The van der Waals surface area contributed by atoms with Crippen molar-refractivity contribution in [2.45, 2.75) is 54.4 Å². The van der Waals surface area contributed by atoms with Gasteiger partial charge in [0.1, 0.15) is 5.82 Å². The highest BCUT2D eigenvalue weighted by molar-refractivity contribution is 7.13. The molecule has 0 radical (unpaired) electrons. The van der Waals surface area contributed by atoms with Crippen LogP contribution in [0.5, 0.6) is 0 Å². The van der Waals surface area contributed by atoms with E-state index in [-0.39, 0.29) is 5.82 Å². The average molecular weight is 377 g/mol. The van der Waals surface area contributed by atoms with Crippen LogP contribution in [0.3, 0.4) is 0 Å². The Morgan fingerprint density at radius 2 is 1.77 bits per heavy atom. The van der Waals surface area contributed by atoms with Crippen LogP contribution in [-0.4, -0.2) is 18.1 Å². The minimum absolute atomic E-state index is 0.217. The molecule has 0 aliphatic rings. The molecule has 0 aliphatic carbocycles. The summed E-state index contributed by atoms with van der Waals surface area (Å²) in [6.45, 7) is 18.9. The summed E-state index contributed by atoms with van der Waals surface area (Å²) >= 11 is 1.63. The van der Waals surface area contributed by atoms with E-state index in [4.69, 9.17) is 0 Å². The lowest BCUT2D eigenvalue weighted by molar-refractivity contribution is 0.627. The van der Waals surface area contributed by atoms with Gasteiger partial charge in [0.2, 0.25) is 0 Å². The maximum atomic E-state index is 13.4. The van der Waals surface area contributed by atoms with Crippen LogP contribution in [0.2, 0.25) is 0 Å². The van der Waals surface area contributed by atoms with Crippen LogP contribution in [0, 0.1) is 18.7 Å². The summed E-state index contributed by atoms with van der Waals surface area (Å²) < 4.78 is 14.4. The van der Waals surface area contributed by atoms with Gasteiger partial charge in [-0.2, -0.15) is 0 Å². The van der Waals surface area contributed by atoms with Crippen LogP contribution in [-0.2, 0) is 0 Å². The number of benzene rings is 1. The van der Waals surface area contributed by atoms with E-state index in [9.17, 15) is 4.39 Å². The smallest absolute Gasteiger partial charge is 0.186 e. The van der Waals surface area contributed by atoms with E-state index in [0.717, 1.165) is 58.0 Å². The molecule has 26 heavy (non-hydrogen) atoms. The Morgan fingerprint density at radius 3 is 2.31 bits per heavy atom. The number of aromatic nitrogens is 1. The first-order valence-corrected chi connectivity index (χ1v) is 10.3. The molecule has 144 valence electrons. The first-order valence-electron chi connectivity index (χ1n) is 9.47. The maximum Gasteiger partial charge on any atom is 0.186 e. The number of rotatable bonds is 6. The van der Waals surface area contributed by atoms with Gasteiger partial charge in [-0.25, -0.2) is 9.37 Å². The van der Waals surface area contributed by atoms with E-state index < -0.39 is 0 Å². The molecule has 1 aromatic heterocycles. The fourth-order valence-corrected chi connectivity index (χ4v) is 3.36. The number of hydrogen-bond donors (Lipinski definition) is 0. The number of thiazole rings is 1. The molecule has 4 heteroatoms. The molecule has 0 fully saturated rings.